The van der Waals surface area contributed by atoms with E-state index in [1.807, 2.05) is 19.1 Å². The molecule has 110 valence electrons. The number of rotatable bonds is 4. The number of benzene rings is 2. The molecule has 3 rings (SSSR count). The maximum atomic E-state index is 11.1. The summed E-state index contributed by atoms with van der Waals surface area (Å²) >= 11 is 0. The zero-order chi connectivity index (χ0) is 15.5. The van der Waals surface area contributed by atoms with Gasteiger partial charge in [0, 0.05) is 11.1 Å². The summed E-state index contributed by atoms with van der Waals surface area (Å²) in [7, 11) is 0. The van der Waals surface area contributed by atoms with E-state index in [0.29, 0.717) is 17.9 Å². The van der Waals surface area contributed by atoms with Crippen LogP contribution in [0.5, 0.6) is 0 Å². The van der Waals surface area contributed by atoms with Crippen molar-refractivity contribution in [2.24, 2.45) is 5.73 Å². The van der Waals surface area contributed by atoms with Gasteiger partial charge >= 0.3 is 0 Å². The van der Waals surface area contributed by atoms with Crippen LogP contribution in [0.4, 0.5) is 0 Å². The standard InChI is InChI=1S/C16H15N5O/c1-11-2-4-12(5-3-11)10-21-19-16(18-20-21)14-8-6-13(7-9-14)15(17)22/h2-9H,10H2,1H3,(H2,17,22). The summed E-state index contributed by atoms with van der Waals surface area (Å²) < 4.78 is 0. The van der Waals surface area contributed by atoms with E-state index >= 15 is 0 Å². The minimum atomic E-state index is -0.456. The molecule has 1 aromatic heterocycles. The van der Waals surface area contributed by atoms with Gasteiger partial charge in [0.1, 0.15) is 0 Å². The Balaban J connectivity index is 1.78. The zero-order valence-corrected chi connectivity index (χ0v) is 12.1. The van der Waals surface area contributed by atoms with Gasteiger partial charge < -0.3 is 5.73 Å². The first-order valence-electron chi connectivity index (χ1n) is 6.85. The van der Waals surface area contributed by atoms with Crippen LogP contribution in [0, 0.1) is 6.92 Å². The summed E-state index contributed by atoms with van der Waals surface area (Å²) in [5, 5.41) is 12.4. The predicted octanol–water partition coefficient (Wildman–Crippen LogP) is 1.80. The van der Waals surface area contributed by atoms with E-state index in [2.05, 4.69) is 27.5 Å². The van der Waals surface area contributed by atoms with Gasteiger partial charge in [-0.1, -0.05) is 42.0 Å². The molecule has 0 spiro atoms. The Bertz CT molecular complexity index is 790. The second-order valence-corrected chi connectivity index (χ2v) is 5.07. The molecule has 6 heteroatoms. The summed E-state index contributed by atoms with van der Waals surface area (Å²) in [6.07, 6.45) is 0. The highest BCUT2D eigenvalue weighted by Gasteiger charge is 2.07. The average Bonchev–Trinajstić information content (AvgIpc) is 2.98. The molecule has 0 saturated heterocycles. The molecular weight excluding hydrogens is 278 g/mol. The molecule has 0 fully saturated rings. The van der Waals surface area contributed by atoms with E-state index in [0.717, 1.165) is 11.1 Å². The van der Waals surface area contributed by atoms with Crippen molar-refractivity contribution in [1.82, 2.24) is 20.2 Å². The van der Waals surface area contributed by atoms with Crippen LogP contribution < -0.4 is 5.73 Å². The van der Waals surface area contributed by atoms with Crippen LogP contribution in [-0.2, 0) is 6.54 Å². The largest absolute Gasteiger partial charge is 0.366 e. The van der Waals surface area contributed by atoms with Gasteiger partial charge in [-0.25, -0.2) is 0 Å². The Kier molecular flexibility index (Phi) is 3.65. The summed E-state index contributed by atoms with van der Waals surface area (Å²) in [5.41, 5.74) is 8.79. The minimum absolute atomic E-state index is 0.454. The number of hydrogen-bond acceptors (Lipinski definition) is 4. The minimum Gasteiger partial charge on any atom is -0.366 e. The van der Waals surface area contributed by atoms with Gasteiger partial charge in [-0.2, -0.15) is 4.80 Å². The van der Waals surface area contributed by atoms with Crippen LogP contribution in [0.15, 0.2) is 48.5 Å². The fraction of sp³-hybridized carbons (Fsp3) is 0.125. The van der Waals surface area contributed by atoms with E-state index in [4.69, 9.17) is 5.73 Å². The number of carbonyl (C=O) groups is 1. The molecule has 0 saturated carbocycles. The molecule has 3 aromatic rings. The van der Waals surface area contributed by atoms with Crippen molar-refractivity contribution in [2.75, 3.05) is 0 Å². The van der Waals surface area contributed by atoms with Crippen LogP contribution in [0.1, 0.15) is 21.5 Å². The van der Waals surface area contributed by atoms with E-state index in [-0.39, 0.29) is 0 Å². The number of carbonyl (C=O) groups excluding carboxylic acids is 1. The Morgan fingerprint density at radius 1 is 1.09 bits per heavy atom. The topological polar surface area (TPSA) is 86.7 Å². The molecule has 0 aliphatic rings. The summed E-state index contributed by atoms with van der Waals surface area (Å²) in [6, 6.07) is 15.0. The quantitative estimate of drug-likeness (QED) is 0.794. The molecule has 0 unspecified atom stereocenters. The third-order valence-corrected chi connectivity index (χ3v) is 3.33. The Morgan fingerprint density at radius 3 is 2.41 bits per heavy atom. The molecule has 1 amide bonds. The highest BCUT2D eigenvalue weighted by molar-refractivity contribution is 5.93. The molecule has 0 aliphatic carbocycles. The van der Waals surface area contributed by atoms with Gasteiger partial charge in [-0.15, -0.1) is 10.2 Å². The molecule has 0 bridgehead atoms. The van der Waals surface area contributed by atoms with E-state index in [1.165, 1.54) is 5.56 Å². The van der Waals surface area contributed by atoms with Crippen LogP contribution in [0.25, 0.3) is 11.4 Å². The van der Waals surface area contributed by atoms with Crippen molar-refractivity contribution >= 4 is 5.91 Å². The van der Waals surface area contributed by atoms with Crippen molar-refractivity contribution in [3.63, 3.8) is 0 Å². The Morgan fingerprint density at radius 2 is 1.77 bits per heavy atom. The molecule has 0 radical (unpaired) electrons. The van der Waals surface area contributed by atoms with Crippen molar-refractivity contribution in [3.05, 3.63) is 65.2 Å². The molecule has 0 atom stereocenters. The highest BCUT2D eigenvalue weighted by atomic mass is 16.1. The summed E-state index contributed by atoms with van der Waals surface area (Å²) in [6.45, 7) is 2.61. The molecule has 0 aliphatic heterocycles. The first-order chi connectivity index (χ1) is 10.6. The van der Waals surface area contributed by atoms with Gasteiger partial charge in [-0.05, 0) is 29.8 Å². The SMILES string of the molecule is Cc1ccc(Cn2nnc(-c3ccc(C(N)=O)cc3)n2)cc1. The van der Waals surface area contributed by atoms with Crippen molar-refractivity contribution in [3.8, 4) is 11.4 Å². The number of aromatic nitrogens is 4. The monoisotopic (exact) mass is 293 g/mol. The molecule has 22 heavy (non-hydrogen) atoms. The van der Waals surface area contributed by atoms with E-state index < -0.39 is 5.91 Å². The second kappa shape index (κ2) is 5.77. The number of tetrazole rings is 1. The van der Waals surface area contributed by atoms with Gasteiger partial charge in [-0.3, -0.25) is 4.79 Å². The predicted molar refractivity (Wildman–Crippen MR) is 82.1 cm³/mol. The number of hydrogen-bond donors (Lipinski definition) is 1. The highest BCUT2D eigenvalue weighted by Crippen LogP contribution is 2.14. The molecule has 2 aromatic carbocycles. The number of amides is 1. The van der Waals surface area contributed by atoms with Crippen LogP contribution in [-0.4, -0.2) is 26.1 Å². The second-order valence-electron chi connectivity index (χ2n) is 5.07. The van der Waals surface area contributed by atoms with Crippen LogP contribution >= 0.6 is 0 Å². The third-order valence-electron chi connectivity index (χ3n) is 3.33. The van der Waals surface area contributed by atoms with Gasteiger partial charge in [0.05, 0.1) is 6.54 Å². The zero-order valence-electron chi connectivity index (χ0n) is 12.1. The number of nitrogens with two attached hydrogens (primary N) is 1. The van der Waals surface area contributed by atoms with Gasteiger partial charge in [0.25, 0.3) is 0 Å². The van der Waals surface area contributed by atoms with Crippen molar-refractivity contribution in [2.45, 2.75) is 13.5 Å². The van der Waals surface area contributed by atoms with Crippen LogP contribution in [0.3, 0.4) is 0 Å². The molecule has 6 nitrogen and oxygen atoms in total. The number of aryl methyl sites for hydroxylation is 1. The smallest absolute Gasteiger partial charge is 0.248 e. The maximum absolute atomic E-state index is 11.1. The lowest BCUT2D eigenvalue weighted by molar-refractivity contribution is 0.100. The molecular formula is C16H15N5O. The van der Waals surface area contributed by atoms with Crippen molar-refractivity contribution < 1.29 is 4.79 Å². The fourth-order valence-corrected chi connectivity index (χ4v) is 2.07. The fourth-order valence-electron chi connectivity index (χ4n) is 2.07. The van der Waals surface area contributed by atoms with E-state index in [1.54, 1.807) is 29.1 Å². The normalized spacial score (nSPS) is 10.6. The van der Waals surface area contributed by atoms with Gasteiger partial charge in [0.2, 0.25) is 11.7 Å². The number of primary amides is 1. The summed E-state index contributed by atoms with van der Waals surface area (Å²) in [5.74, 6) is 0.0608. The Hall–Kier alpha value is -3.02. The van der Waals surface area contributed by atoms with Crippen molar-refractivity contribution in [1.29, 1.82) is 0 Å². The molecule has 1 heterocycles. The lowest BCUT2D eigenvalue weighted by atomic mass is 10.1. The maximum Gasteiger partial charge on any atom is 0.248 e. The average molecular weight is 293 g/mol. The first-order valence-corrected chi connectivity index (χ1v) is 6.85. The lowest BCUT2D eigenvalue weighted by Gasteiger charge is -2.00. The van der Waals surface area contributed by atoms with Crippen LogP contribution in [0.2, 0.25) is 0 Å². The van der Waals surface area contributed by atoms with Gasteiger partial charge in [0.15, 0.2) is 0 Å². The summed E-state index contributed by atoms with van der Waals surface area (Å²) in [4.78, 5) is 12.6. The first kappa shape index (κ1) is 13.9. The Labute approximate surface area is 127 Å². The molecule has 2 N–H and O–H groups in total. The van der Waals surface area contributed by atoms with E-state index in [9.17, 15) is 4.79 Å². The number of nitrogens with zero attached hydrogens (tertiary/aromatic N) is 4. The lowest BCUT2D eigenvalue weighted by Crippen LogP contribution is -2.10. The third kappa shape index (κ3) is 3.01.